The van der Waals surface area contributed by atoms with Crippen LogP contribution in [-0.2, 0) is 4.79 Å². The number of hydrogen-bond donors (Lipinski definition) is 0. The van der Waals surface area contributed by atoms with Gasteiger partial charge in [0.2, 0.25) is 0 Å². The van der Waals surface area contributed by atoms with E-state index in [9.17, 15) is 9.59 Å². The Morgan fingerprint density at radius 3 is 2.89 bits per heavy atom. The fourth-order valence-electron chi connectivity index (χ4n) is 3.33. The van der Waals surface area contributed by atoms with Crippen molar-refractivity contribution >= 4 is 11.7 Å². The summed E-state index contributed by atoms with van der Waals surface area (Å²) in [6.45, 7) is 2.49. The van der Waals surface area contributed by atoms with E-state index in [1.165, 1.54) is 0 Å². The maximum atomic E-state index is 12.4. The molecule has 2 unspecified atom stereocenters. The first-order valence-corrected chi connectivity index (χ1v) is 6.94. The van der Waals surface area contributed by atoms with Gasteiger partial charge in [-0.15, -0.1) is 0 Å². The van der Waals surface area contributed by atoms with Gasteiger partial charge in [-0.25, -0.2) is 0 Å². The molecule has 1 saturated heterocycles. The van der Waals surface area contributed by atoms with E-state index < -0.39 is 0 Å². The van der Waals surface area contributed by atoms with Crippen molar-refractivity contribution in [1.82, 2.24) is 10.1 Å². The maximum absolute atomic E-state index is 12.4. The summed E-state index contributed by atoms with van der Waals surface area (Å²) in [4.78, 5) is 26.1. The number of rotatable bonds is 2. The fraction of sp³-hybridized carbons (Fsp3) is 0.643. The molecule has 19 heavy (non-hydrogen) atoms. The van der Waals surface area contributed by atoms with Crippen LogP contribution >= 0.6 is 0 Å². The van der Waals surface area contributed by atoms with Crippen LogP contribution in [0.1, 0.15) is 48.4 Å². The van der Waals surface area contributed by atoms with Gasteiger partial charge in [0.1, 0.15) is 11.5 Å². The Kier molecular flexibility index (Phi) is 3.12. The maximum Gasteiger partial charge on any atom is 0.276 e. The van der Waals surface area contributed by atoms with Gasteiger partial charge in [0.25, 0.3) is 5.91 Å². The first-order valence-electron chi connectivity index (χ1n) is 6.94. The van der Waals surface area contributed by atoms with Crippen molar-refractivity contribution in [2.75, 3.05) is 6.54 Å². The van der Waals surface area contributed by atoms with E-state index in [0.29, 0.717) is 23.7 Å². The van der Waals surface area contributed by atoms with Gasteiger partial charge in [0.15, 0.2) is 5.69 Å². The Hall–Kier alpha value is -1.65. The number of aryl methyl sites for hydroxylation is 1. The molecule has 0 spiro atoms. The highest BCUT2D eigenvalue weighted by Gasteiger charge is 2.40. The van der Waals surface area contributed by atoms with Crippen molar-refractivity contribution in [3.05, 3.63) is 17.5 Å². The topological polar surface area (TPSA) is 63.4 Å². The molecule has 102 valence electrons. The van der Waals surface area contributed by atoms with Crippen molar-refractivity contribution < 1.29 is 14.1 Å². The predicted molar refractivity (Wildman–Crippen MR) is 67.6 cm³/mol. The smallest absolute Gasteiger partial charge is 0.276 e. The summed E-state index contributed by atoms with van der Waals surface area (Å²) in [5, 5.41) is 3.79. The molecule has 1 aromatic heterocycles. The highest BCUT2D eigenvalue weighted by atomic mass is 16.5. The first kappa shape index (κ1) is 12.4. The molecule has 5 heteroatoms. The quantitative estimate of drug-likeness (QED) is 0.817. The Labute approximate surface area is 111 Å². The molecule has 2 heterocycles. The van der Waals surface area contributed by atoms with Crippen LogP contribution in [0.15, 0.2) is 10.6 Å². The average molecular weight is 262 g/mol. The van der Waals surface area contributed by atoms with E-state index in [1.807, 2.05) is 4.90 Å². The summed E-state index contributed by atoms with van der Waals surface area (Å²) in [5.74, 6) is 0.899. The molecule has 1 aromatic rings. The standard InChI is InChI=1S/C14H18N2O3/c1-9-8-11(15-19-9)14(18)16-7-3-5-12(16)10-4-2-6-13(10)17/h8,10,12H,2-7H2,1H3. The van der Waals surface area contributed by atoms with Crippen LogP contribution in [0.2, 0.25) is 0 Å². The molecule has 2 fully saturated rings. The van der Waals surface area contributed by atoms with E-state index in [1.54, 1.807) is 13.0 Å². The Bertz CT molecular complexity index is 509. The van der Waals surface area contributed by atoms with E-state index in [4.69, 9.17) is 4.52 Å². The molecule has 3 rings (SSSR count). The molecule has 2 aliphatic rings. The molecular formula is C14H18N2O3. The number of nitrogens with zero attached hydrogens (tertiary/aromatic N) is 2. The van der Waals surface area contributed by atoms with Crippen LogP contribution in [0, 0.1) is 12.8 Å². The van der Waals surface area contributed by atoms with Crippen molar-refractivity contribution in [2.45, 2.75) is 45.1 Å². The predicted octanol–water partition coefficient (Wildman–Crippen LogP) is 1.96. The third-order valence-electron chi connectivity index (χ3n) is 4.22. The summed E-state index contributed by atoms with van der Waals surface area (Å²) in [7, 11) is 0. The second kappa shape index (κ2) is 4.79. The van der Waals surface area contributed by atoms with E-state index in [-0.39, 0.29) is 17.9 Å². The largest absolute Gasteiger partial charge is 0.361 e. The number of hydrogen-bond acceptors (Lipinski definition) is 4. The van der Waals surface area contributed by atoms with Gasteiger partial charge in [-0.3, -0.25) is 9.59 Å². The van der Waals surface area contributed by atoms with Crippen LogP contribution < -0.4 is 0 Å². The Morgan fingerprint density at radius 2 is 2.26 bits per heavy atom. The minimum atomic E-state index is -0.0981. The van der Waals surface area contributed by atoms with Crippen molar-refractivity contribution in [3.63, 3.8) is 0 Å². The summed E-state index contributed by atoms with van der Waals surface area (Å²) < 4.78 is 4.96. The normalized spacial score (nSPS) is 27.2. The summed E-state index contributed by atoms with van der Waals surface area (Å²) in [6.07, 6.45) is 4.46. The molecular weight excluding hydrogens is 244 g/mol. The Balaban J connectivity index is 1.79. The van der Waals surface area contributed by atoms with Gasteiger partial charge in [0, 0.05) is 31.0 Å². The summed E-state index contributed by atoms with van der Waals surface area (Å²) in [6, 6.07) is 1.73. The SMILES string of the molecule is Cc1cc(C(=O)N2CCCC2C2CCCC2=O)no1. The average Bonchev–Trinajstić information content (AvgIpc) is 3.07. The van der Waals surface area contributed by atoms with E-state index in [0.717, 1.165) is 32.2 Å². The zero-order chi connectivity index (χ0) is 13.4. The molecule has 1 saturated carbocycles. The number of likely N-dealkylation sites (tertiary alicyclic amines) is 1. The third kappa shape index (κ3) is 2.17. The molecule has 2 atom stereocenters. The lowest BCUT2D eigenvalue weighted by molar-refractivity contribution is -0.121. The minimum absolute atomic E-state index is 0.0412. The van der Waals surface area contributed by atoms with Gasteiger partial charge < -0.3 is 9.42 Å². The van der Waals surface area contributed by atoms with Crippen molar-refractivity contribution in [2.24, 2.45) is 5.92 Å². The second-order valence-electron chi connectivity index (χ2n) is 5.50. The zero-order valence-corrected chi connectivity index (χ0v) is 11.1. The number of amides is 1. The van der Waals surface area contributed by atoms with Crippen LogP contribution in [0.3, 0.4) is 0 Å². The summed E-state index contributed by atoms with van der Waals surface area (Å²) in [5.41, 5.74) is 0.356. The van der Waals surface area contributed by atoms with Crippen molar-refractivity contribution in [3.8, 4) is 0 Å². The monoisotopic (exact) mass is 262 g/mol. The minimum Gasteiger partial charge on any atom is -0.361 e. The van der Waals surface area contributed by atoms with Gasteiger partial charge in [0.05, 0.1) is 0 Å². The molecule has 1 aliphatic carbocycles. The Morgan fingerprint density at radius 1 is 1.42 bits per heavy atom. The molecule has 1 aliphatic heterocycles. The van der Waals surface area contributed by atoms with Gasteiger partial charge in [-0.05, 0) is 32.6 Å². The highest BCUT2D eigenvalue weighted by molar-refractivity contribution is 5.93. The number of Topliss-reactive ketones (excluding diaryl/α,β-unsaturated/α-hetero) is 1. The molecule has 0 bridgehead atoms. The van der Waals surface area contributed by atoms with Crippen molar-refractivity contribution in [1.29, 1.82) is 0 Å². The molecule has 1 amide bonds. The van der Waals surface area contributed by atoms with Gasteiger partial charge >= 0.3 is 0 Å². The van der Waals surface area contributed by atoms with Crippen LogP contribution in [0.5, 0.6) is 0 Å². The lowest BCUT2D eigenvalue weighted by atomic mass is 9.95. The first-order chi connectivity index (χ1) is 9.16. The fourth-order valence-corrected chi connectivity index (χ4v) is 3.33. The van der Waals surface area contributed by atoms with E-state index >= 15 is 0 Å². The number of carbonyl (C=O) groups is 2. The van der Waals surface area contributed by atoms with Gasteiger partial charge in [-0.2, -0.15) is 0 Å². The number of aromatic nitrogens is 1. The van der Waals surface area contributed by atoms with E-state index in [2.05, 4.69) is 5.16 Å². The lowest BCUT2D eigenvalue weighted by Crippen LogP contribution is -2.41. The lowest BCUT2D eigenvalue weighted by Gasteiger charge is -2.27. The van der Waals surface area contributed by atoms with Crippen LogP contribution in [0.4, 0.5) is 0 Å². The molecule has 5 nitrogen and oxygen atoms in total. The van der Waals surface area contributed by atoms with Gasteiger partial charge in [-0.1, -0.05) is 5.16 Å². The number of carbonyl (C=O) groups excluding carboxylic acids is 2. The van der Waals surface area contributed by atoms with Crippen LogP contribution in [0.25, 0.3) is 0 Å². The second-order valence-corrected chi connectivity index (χ2v) is 5.50. The molecule has 0 N–H and O–H groups in total. The molecule has 0 aromatic carbocycles. The van der Waals surface area contributed by atoms with Crippen LogP contribution in [-0.4, -0.2) is 34.3 Å². The number of ketones is 1. The zero-order valence-electron chi connectivity index (χ0n) is 11.1. The third-order valence-corrected chi connectivity index (χ3v) is 4.22. The highest BCUT2D eigenvalue weighted by Crippen LogP contribution is 2.33. The summed E-state index contributed by atoms with van der Waals surface area (Å²) >= 11 is 0. The molecule has 0 radical (unpaired) electrons.